The second-order valence-corrected chi connectivity index (χ2v) is 12.6. The SMILES string of the molecule is CNCCN(CCNC(=O)CC(=O)NCC[N+]1(CCNC(=O)CC(=O)NCCNCCNC(=O)CC(=O)O)CC(O)C1)CC(O)CN(C)C. The fraction of sp³-hybridized carbons (Fsp3) is 0.800. The lowest BCUT2D eigenvalue weighted by molar-refractivity contribution is -0.970. The average molecular weight is 704 g/mol. The van der Waals surface area contributed by atoms with E-state index in [0.717, 1.165) is 6.54 Å². The molecule has 0 saturated carbocycles. The highest BCUT2D eigenvalue weighted by molar-refractivity contribution is 5.97. The Morgan fingerprint density at radius 3 is 1.57 bits per heavy atom. The number of hydrogen-bond donors (Lipinski definition) is 10. The molecule has 1 aliphatic rings. The van der Waals surface area contributed by atoms with Crippen LogP contribution in [0.4, 0.5) is 0 Å². The normalized spacial score (nSPS) is 17.6. The molecule has 19 nitrogen and oxygen atoms in total. The zero-order valence-corrected chi connectivity index (χ0v) is 29.2. The summed E-state index contributed by atoms with van der Waals surface area (Å²) in [5.41, 5.74) is 0. The summed E-state index contributed by atoms with van der Waals surface area (Å²) in [6, 6.07) is 0. The molecule has 1 unspecified atom stereocenters. The lowest BCUT2D eigenvalue weighted by atomic mass is 10.1. The van der Waals surface area contributed by atoms with Crippen LogP contribution in [0, 0.1) is 0 Å². The number of aliphatic hydroxyl groups excluding tert-OH is 2. The van der Waals surface area contributed by atoms with E-state index in [2.05, 4.69) is 42.1 Å². The van der Waals surface area contributed by atoms with Crippen molar-refractivity contribution in [2.24, 2.45) is 0 Å². The predicted molar refractivity (Wildman–Crippen MR) is 180 cm³/mol. The van der Waals surface area contributed by atoms with Gasteiger partial charge >= 0.3 is 5.97 Å². The van der Waals surface area contributed by atoms with E-state index in [4.69, 9.17) is 5.11 Å². The molecule has 5 amide bonds. The number of carboxylic acids is 1. The van der Waals surface area contributed by atoms with Crippen LogP contribution >= 0.6 is 0 Å². The van der Waals surface area contributed by atoms with Gasteiger partial charge in [-0.1, -0.05) is 0 Å². The molecule has 0 aromatic rings. The number of quaternary nitrogens is 1. The van der Waals surface area contributed by atoms with Gasteiger partial charge in [0.1, 0.15) is 32.4 Å². The first-order chi connectivity index (χ1) is 23.2. The highest BCUT2D eigenvalue weighted by Crippen LogP contribution is 2.19. The molecule has 282 valence electrons. The molecule has 0 aromatic heterocycles. The van der Waals surface area contributed by atoms with Gasteiger partial charge in [-0.3, -0.25) is 33.7 Å². The number of carboxylic acid groups (broad SMARTS) is 1. The van der Waals surface area contributed by atoms with E-state index in [1.54, 1.807) is 0 Å². The predicted octanol–water partition coefficient (Wildman–Crippen LogP) is -5.95. The minimum atomic E-state index is -1.21. The summed E-state index contributed by atoms with van der Waals surface area (Å²) in [6.45, 7) is 7.10. The monoisotopic (exact) mass is 703 g/mol. The Kier molecular flexibility index (Phi) is 21.9. The Hall–Kier alpha value is -3.46. The van der Waals surface area contributed by atoms with E-state index < -0.39 is 54.1 Å². The molecule has 0 radical (unpaired) electrons. The summed E-state index contributed by atoms with van der Waals surface area (Å²) in [4.78, 5) is 74.6. The fourth-order valence-corrected chi connectivity index (χ4v) is 5.32. The van der Waals surface area contributed by atoms with Crippen LogP contribution in [-0.4, -0.2) is 203 Å². The number of aliphatic hydroxyl groups is 2. The minimum absolute atomic E-state index is 0.242. The van der Waals surface area contributed by atoms with Crippen molar-refractivity contribution in [3.63, 3.8) is 0 Å². The number of rotatable bonds is 28. The van der Waals surface area contributed by atoms with Gasteiger partial charge in [0, 0.05) is 65.4 Å². The van der Waals surface area contributed by atoms with Gasteiger partial charge in [0.25, 0.3) is 0 Å². The van der Waals surface area contributed by atoms with E-state index in [-0.39, 0.29) is 32.5 Å². The van der Waals surface area contributed by atoms with Crippen molar-refractivity contribution in [1.29, 1.82) is 0 Å². The maximum absolute atomic E-state index is 12.4. The van der Waals surface area contributed by atoms with Gasteiger partial charge in [0.2, 0.25) is 29.5 Å². The molecule has 1 heterocycles. The number of likely N-dealkylation sites (N-methyl/N-ethyl adjacent to an activating group) is 2. The maximum atomic E-state index is 12.4. The van der Waals surface area contributed by atoms with Crippen molar-refractivity contribution in [1.82, 2.24) is 47.0 Å². The molecule has 1 atom stereocenters. The molecule has 19 heteroatoms. The first-order valence-electron chi connectivity index (χ1n) is 16.7. The number of likely N-dealkylation sites (tertiary alicyclic amines) is 1. The van der Waals surface area contributed by atoms with Gasteiger partial charge < -0.3 is 61.9 Å². The molecular weight excluding hydrogens is 644 g/mol. The number of nitrogens with zero attached hydrogens (tertiary/aromatic N) is 3. The first-order valence-corrected chi connectivity index (χ1v) is 16.7. The number of hydrogen-bond acceptors (Lipinski definition) is 12. The van der Waals surface area contributed by atoms with Crippen LogP contribution in [0.25, 0.3) is 0 Å². The number of carbonyl (C=O) groups is 6. The average Bonchev–Trinajstić information content (AvgIpc) is 2.97. The summed E-state index contributed by atoms with van der Waals surface area (Å²) in [6.07, 6.45) is -2.26. The summed E-state index contributed by atoms with van der Waals surface area (Å²) in [5.74, 6) is -3.50. The molecule has 49 heavy (non-hydrogen) atoms. The van der Waals surface area contributed by atoms with Crippen molar-refractivity contribution < 1.29 is 48.6 Å². The third-order valence-electron chi connectivity index (χ3n) is 7.69. The van der Waals surface area contributed by atoms with Crippen LogP contribution in [0.1, 0.15) is 19.3 Å². The van der Waals surface area contributed by atoms with Gasteiger partial charge in [0.15, 0.2) is 6.10 Å². The van der Waals surface area contributed by atoms with E-state index in [0.29, 0.717) is 83.0 Å². The fourth-order valence-electron chi connectivity index (χ4n) is 5.32. The number of nitrogens with one attached hydrogen (secondary N) is 7. The summed E-state index contributed by atoms with van der Waals surface area (Å²) < 4.78 is 0.477. The topological polar surface area (TPSA) is 254 Å². The van der Waals surface area contributed by atoms with Crippen molar-refractivity contribution in [3.05, 3.63) is 0 Å². The van der Waals surface area contributed by atoms with E-state index in [9.17, 15) is 39.0 Å². The van der Waals surface area contributed by atoms with Gasteiger partial charge in [-0.2, -0.15) is 0 Å². The molecule has 0 aromatic carbocycles. The lowest BCUT2D eigenvalue weighted by Crippen LogP contribution is -2.69. The summed E-state index contributed by atoms with van der Waals surface area (Å²) >= 11 is 0. The zero-order chi connectivity index (χ0) is 36.7. The second-order valence-electron chi connectivity index (χ2n) is 12.6. The molecular formula is C30H59N10O9+. The third-order valence-corrected chi connectivity index (χ3v) is 7.69. The maximum Gasteiger partial charge on any atom is 0.312 e. The van der Waals surface area contributed by atoms with Crippen LogP contribution in [-0.2, 0) is 28.8 Å². The van der Waals surface area contributed by atoms with Crippen LogP contribution in [0.15, 0.2) is 0 Å². The molecule has 1 fully saturated rings. The van der Waals surface area contributed by atoms with E-state index in [1.165, 1.54) is 0 Å². The highest BCUT2D eigenvalue weighted by Gasteiger charge is 2.42. The third kappa shape index (κ3) is 22.0. The van der Waals surface area contributed by atoms with Crippen LogP contribution in [0.5, 0.6) is 0 Å². The van der Waals surface area contributed by atoms with Gasteiger partial charge in [-0.15, -0.1) is 0 Å². The van der Waals surface area contributed by atoms with Crippen molar-refractivity contribution in [2.75, 3.05) is 126 Å². The Bertz CT molecular complexity index is 1040. The molecule has 0 spiro atoms. The smallest absolute Gasteiger partial charge is 0.312 e. The van der Waals surface area contributed by atoms with Crippen LogP contribution < -0.4 is 37.2 Å². The molecule has 0 bridgehead atoms. The molecule has 1 saturated heterocycles. The van der Waals surface area contributed by atoms with E-state index >= 15 is 0 Å². The van der Waals surface area contributed by atoms with Gasteiger partial charge in [0.05, 0.1) is 32.3 Å². The largest absolute Gasteiger partial charge is 0.481 e. The second kappa shape index (κ2) is 24.6. The molecule has 10 N–H and O–H groups in total. The number of amides is 5. The highest BCUT2D eigenvalue weighted by atomic mass is 16.4. The lowest BCUT2D eigenvalue weighted by Gasteiger charge is -2.48. The van der Waals surface area contributed by atoms with Crippen LogP contribution in [0.2, 0.25) is 0 Å². The minimum Gasteiger partial charge on any atom is -0.481 e. The van der Waals surface area contributed by atoms with Crippen molar-refractivity contribution >= 4 is 35.5 Å². The van der Waals surface area contributed by atoms with Gasteiger partial charge in [-0.05, 0) is 21.1 Å². The first kappa shape index (κ1) is 43.6. The molecule has 1 rings (SSSR count). The number of aliphatic carboxylic acids is 1. The quantitative estimate of drug-likeness (QED) is 0.0207. The van der Waals surface area contributed by atoms with Crippen molar-refractivity contribution in [3.8, 4) is 0 Å². The summed E-state index contributed by atoms with van der Waals surface area (Å²) in [7, 11) is 5.63. The molecule has 0 aliphatic carbocycles. The van der Waals surface area contributed by atoms with Crippen molar-refractivity contribution in [2.45, 2.75) is 31.5 Å². The number of carbonyl (C=O) groups excluding carboxylic acids is 5. The Balaban J connectivity index is 2.25. The zero-order valence-electron chi connectivity index (χ0n) is 29.2. The van der Waals surface area contributed by atoms with E-state index in [1.807, 2.05) is 26.0 Å². The molecule has 1 aliphatic heterocycles. The Morgan fingerprint density at radius 2 is 1.12 bits per heavy atom. The Labute approximate surface area is 288 Å². The van der Waals surface area contributed by atoms with Gasteiger partial charge in [-0.25, -0.2) is 0 Å². The Morgan fingerprint density at radius 1 is 0.673 bits per heavy atom. The van der Waals surface area contributed by atoms with Crippen LogP contribution in [0.3, 0.4) is 0 Å². The standard InChI is InChI=1S/C30H58N10O9/c1-31-8-12-39(20-23(41)19-38(2)3)13-9-35-26(44)17-28(46)37-11-15-40(21-24(42)22-40)14-10-36-27(45)16-25(43)33-6-4-32-5-7-34-29(47)18-30(48)49/h23-24,31-32,41-42H,4-22H2,1-3H3,(H5-,33,34,35,36,37,43,44,45,46,47,48,49)/p+1. The summed E-state index contributed by atoms with van der Waals surface area (Å²) in [5, 5.41) is 48.1.